The number of nitro groups is 1. The van der Waals surface area contributed by atoms with Crippen molar-refractivity contribution in [3.05, 3.63) is 51.5 Å². The molecule has 0 bridgehead atoms. The third kappa shape index (κ3) is 4.27. The van der Waals surface area contributed by atoms with Crippen molar-refractivity contribution in [1.82, 2.24) is 14.6 Å². The van der Waals surface area contributed by atoms with Crippen LogP contribution >= 0.6 is 0 Å². The molecule has 0 unspecified atom stereocenters. The molecular weight excluding hydrogens is 448 g/mol. The van der Waals surface area contributed by atoms with Crippen LogP contribution in [-0.2, 0) is 15.9 Å². The monoisotopic (exact) mass is 480 g/mol. The number of hydrogen-bond donors (Lipinski definition) is 0. The average Bonchev–Trinajstić information content (AvgIpc) is 3.49. The smallest absolute Gasteiger partial charge is 0.273 e. The first-order valence-electron chi connectivity index (χ1n) is 12.3. The van der Waals surface area contributed by atoms with Gasteiger partial charge in [0.1, 0.15) is 6.33 Å². The van der Waals surface area contributed by atoms with Crippen molar-refractivity contribution in [2.45, 2.75) is 64.6 Å². The van der Waals surface area contributed by atoms with Crippen LogP contribution in [0.5, 0.6) is 5.75 Å². The Kier molecular flexibility index (Phi) is 6.23. The first kappa shape index (κ1) is 23.7. The van der Waals surface area contributed by atoms with E-state index in [9.17, 15) is 10.1 Å². The SMILES string of the molecule is COc1c(C)c(-c2cc([N+](=O)[O-])c(CC3CCC4(CC3)OCCO4)cc2C(C)C)cn2ncnc12. The van der Waals surface area contributed by atoms with Crippen molar-refractivity contribution in [2.24, 2.45) is 5.92 Å². The lowest BCUT2D eigenvalue weighted by molar-refractivity contribution is -0.385. The normalized spacial score (nSPS) is 18.1. The van der Waals surface area contributed by atoms with Crippen molar-refractivity contribution in [2.75, 3.05) is 20.3 Å². The third-order valence-corrected chi connectivity index (χ3v) is 7.53. The van der Waals surface area contributed by atoms with Gasteiger partial charge < -0.3 is 14.2 Å². The predicted octanol–water partition coefficient (Wildman–Crippen LogP) is 5.22. The molecule has 9 nitrogen and oxygen atoms in total. The van der Waals surface area contributed by atoms with E-state index in [-0.39, 0.29) is 16.5 Å². The Morgan fingerprint density at radius 1 is 1.23 bits per heavy atom. The fourth-order valence-corrected chi connectivity index (χ4v) is 5.65. The molecular formula is C26H32N4O5. The minimum absolute atomic E-state index is 0.162. The van der Waals surface area contributed by atoms with Gasteiger partial charge in [-0.25, -0.2) is 9.50 Å². The molecule has 35 heavy (non-hydrogen) atoms. The Bertz CT molecular complexity index is 1250. The summed E-state index contributed by atoms with van der Waals surface area (Å²) in [4.78, 5) is 16.3. The number of benzene rings is 1. The molecule has 0 N–H and O–H groups in total. The Balaban J connectivity index is 1.54. The maximum Gasteiger partial charge on any atom is 0.273 e. The van der Waals surface area contributed by atoms with E-state index in [1.807, 2.05) is 19.2 Å². The van der Waals surface area contributed by atoms with Crippen LogP contribution in [0, 0.1) is 23.0 Å². The molecule has 2 aromatic heterocycles. The van der Waals surface area contributed by atoms with Gasteiger partial charge in [-0.3, -0.25) is 10.1 Å². The molecule has 1 spiro atoms. The second-order valence-electron chi connectivity index (χ2n) is 9.96. The lowest BCUT2D eigenvalue weighted by Gasteiger charge is -2.35. The van der Waals surface area contributed by atoms with Gasteiger partial charge in [0.05, 0.1) is 25.2 Å². The van der Waals surface area contributed by atoms with Gasteiger partial charge in [0.15, 0.2) is 17.2 Å². The molecule has 9 heteroatoms. The molecule has 0 radical (unpaired) electrons. The summed E-state index contributed by atoms with van der Waals surface area (Å²) < 4.78 is 19.0. The van der Waals surface area contributed by atoms with E-state index in [0.717, 1.165) is 53.5 Å². The van der Waals surface area contributed by atoms with E-state index in [0.29, 0.717) is 36.9 Å². The zero-order chi connectivity index (χ0) is 24.7. The molecule has 1 aliphatic carbocycles. The number of pyridine rings is 1. The fourth-order valence-electron chi connectivity index (χ4n) is 5.65. The minimum atomic E-state index is -0.425. The molecule has 1 aliphatic heterocycles. The quantitative estimate of drug-likeness (QED) is 0.352. The van der Waals surface area contributed by atoms with Crippen LogP contribution in [0.1, 0.15) is 62.1 Å². The standard InChI is InChI=1S/C26H32N4O5/c1-16(2)20-12-19(11-18-5-7-26(8-6-18)34-9-10-35-26)23(30(31)32)13-21(20)22-14-29-25(27-15-28-29)24(33-4)17(22)3/h12-16,18H,5-11H2,1-4H3. The van der Waals surface area contributed by atoms with Crippen LogP contribution in [0.3, 0.4) is 0 Å². The summed E-state index contributed by atoms with van der Waals surface area (Å²) in [6.07, 6.45) is 7.61. The van der Waals surface area contributed by atoms with Crippen molar-refractivity contribution >= 4 is 11.3 Å². The Hall–Kier alpha value is -3.04. The molecule has 3 heterocycles. The van der Waals surface area contributed by atoms with E-state index >= 15 is 0 Å². The number of fused-ring (bicyclic) bond motifs is 1. The van der Waals surface area contributed by atoms with E-state index in [1.54, 1.807) is 17.7 Å². The number of nitrogens with zero attached hydrogens (tertiary/aromatic N) is 4. The number of rotatable bonds is 6. The summed E-state index contributed by atoms with van der Waals surface area (Å²) in [5.41, 5.74) is 5.22. The zero-order valence-corrected chi connectivity index (χ0v) is 20.7. The van der Waals surface area contributed by atoms with Gasteiger partial charge in [0.2, 0.25) is 0 Å². The highest BCUT2D eigenvalue weighted by molar-refractivity contribution is 5.78. The van der Waals surface area contributed by atoms with Crippen molar-refractivity contribution in [1.29, 1.82) is 0 Å². The van der Waals surface area contributed by atoms with Crippen molar-refractivity contribution in [3.63, 3.8) is 0 Å². The first-order chi connectivity index (χ1) is 16.8. The van der Waals surface area contributed by atoms with Gasteiger partial charge in [0.25, 0.3) is 5.69 Å². The molecule has 0 atom stereocenters. The summed E-state index contributed by atoms with van der Waals surface area (Å²) in [5.74, 6) is 0.739. The summed E-state index contributed by atoms with van der Waals surface area (Å²) in [6, 6.07) is 3.78. The number of nitro benzene ring substituents is 1. The summed E-state index contributed by atoms with van der Waals surface area (Å²) in [7, 11) is 1.60. The Labute approximate surface area is 204 Å². The van der Waals surface area contributed by atoms with Gasteiger partial charge in [-0.15, -0.1) is 0 Å². The summed E-state index contributed by atoms with van der Waals surface area (Å²) in [5, 5.41) is 16.5. The van der Waals surface area contributed by atoms with E-state index in [1.165, 1.54) is 6.33 Å². The highest BCUT2D eigenvalue weighted by Gasteiger charge is 2.40. The topological polar surface area (TPSA) is 101 Å². The van der Waals surface area contributed by atoms with E-state index < -0.39 is 5.79 Å². The summed E-state index contributed by atoms with van der Waals surface area (Å²) in [6.45, 7) is 7.50. The average molecular weight is 481 g/mol. The van der Waals surface area contributed by atoms with Crippen molar-refractivity contribution < 1.29 is 19.1 Å². The molecule has 1 aromatic carbocycles. The number of hydrogen-bond acceptors (Lipinski definition) is 7. The van der Waals surface area contributed by atoms with Gasteiger partial charge in [0, 0.05) is 41.8 Å². The largest absolute Gasteiger partial charge is 0.492 e. The molecule has 3 aromatic rings. The second-order valence-corrected chi connectivity index (χ2v) is 9.96. The number of methoxy groups -OCH3 is 1. The highest BCUT2D eigenvalue weighted by atomic mass is 16.7. The van der Waals surface area contributed by atoms with Crippen LogP contribution in [0.2, 0.25) is 0 Å². The first-order valence-corrected chi connectivity index (χ1v) is 12.3. The van der Waals surface area contributed by atoms with Crippen LogP contribution in [-0.4, -0.2) is 45.6 Å². The molecule has 1 saturated heterocycles. The molecule has 0 amide bonds. The van der Waals surface area contributed by atoms with Crippen LogP contribution in [0.25, 0.3) is 16.8 Å². The van der Waals surface area contributed by atoms with Gasteiger partial charge in [-0.05, 0) is 55.2 Å². The maximum atomic E-state index is 12.2. The van der Waals surface area contributed by atoms with E-state index in [4.69, 9.17) is 14.2 Å². The highest BCUT2D eigenvalue weighted by Crippen LogP contribution is 2.43. The minimum Gasteiger partial charge on any atom is -0.492 e. The summed E-state index contributed by atoms with van der Waals surface area (Å²) >= 11 is 0. The van der Waals surface area contributed by atoms with Gasteiger partial charge in [-0.2, -0.15) is 5.10 Å². The lowest BCUT2D eigenvalue weighted by Crippen LogP contribution is -2.35. The molecule has 2 fully saturated rings. The van der Waals surface area contributed by atoms with Crippen LogP contribution in [0.15, 0.2) is 24.7 Å². The maximum absolute atomic E-state index is 12.2. The molecule has 5 rings (SSSR count). The van der Waals surface area contributed by atoms with E-state index in [2.05, 4.69) is 23.9 Å². The second kappa shape index (κ2) is 9.20. The predicted molar refractivity (Wildman–Crippen MR) is 131 cm³/mol. The van der Waals surface area contributed by atoms with Gasteiger partial charge in [-0.1, -0.05) is 13.8 Å². The zero-order valence-electron chi connectivity index (χ0n) is 20.7. The van der Waals surface area contributed by atoms with Gasteiger partial charge >= 0.3 is 0 Å². The lowest BCUT2D eigenvalue weighted by atomic mass is 9.80. The van der Waals surface area contributed by atoms with Crippen LogP contribution in [0.4, 0.5) is 5.69 Å². The third-order valence-electron chi connectivity index (χ3n) is 7.53. The number of aromatic nitrogens is 3. The fraction of sp³-hybridized carbons (Fsp3) is 0.538. The molecule has 1 saturated carbocycles. The van der Waals surface area contributed by atoms with Crippen molar-refractivity contribution in [3.8, 4) is 16.9 Å². The number of ether oxygens (including phenoxy) is 3. The van der Waals surface area contributed by atoms with Crippen LogP contribution < -0.4 is 4.74 Å². The Morgan fingerprint density at radius 3 is 2.57 bits per heavy atom. The Morgan fingerprint density at radius 2 is 1.94 bits per heavy atom. The molecule has 2 aliphatic rings. The molecule has 186 valence electrons.